The Morgan fingerprint density at radius 2 is 1.12 bits per heavy atom. The van der Waals surface area contributed by atoms with Crippen LogP contribution in [0.1, 0.15) is 58.2 Å². The van der Waals surface area contributed by atoms with Crippen molar-refractivity contribution in [1.29, 1.82) is 10.8 Å². The van der Waals surface area contributed by atoms with Crippen molar-refractivity contribution in [2.45, 2.75) is 90.5 Å². The van der Waals surface area contributed by atoms with Crippen molar-refractivity contribution in [3.8, 4) is 0 Å². The van der Waals surface area contributed by atoms with E-state index in [1.165, 1.54) is 12.1 Å². The van der Waals surface area contributed by atoms with E-state index in [0.717, 1.165) is 28.9 Å². The zero-order valence-electron chi connectivity index (χ0n) is 35.7. The molecule has 0 radical (unpaired) electrons. The van der Waals surface area contributed by atoms with Crippen LogP contribution >= 0.6 is 45.8 Å². The molecule has 4 aromatic rings. The van der Waals surface area contributed by atoms with Gasteiger partial charge in [-0.2, -0.15) is 26.3 Å². The number of amidine groups is 2. The van der Waals surface area contributed by atoms with E-state index >= 15 is 0 Å². The molecule has 8 N–H and O–H groups in total. The van der Waals surface area contributed by atoms with Gasteiger partial charge in [0.15, 0.2) is 12.2 Å². The number of benzene rings is 4. The number of rotatable bonds is 14. The van der Waals surface area contributed by atoms with Crippen LogP contribution in [-0.2, 0) is 32.0 Å². The van der Waals surface area contributed by atoms with Gasteiger partial charge in [-0.3, -0.25) is 10.8 Å². The van der Waals surface area contributed by atoms with Gasteiger partial charge in [0, 0.05) is 39.3 Å². The minimum atomic E-state index is -4.43. The van der Waals surface area contributed by atoms with Gasteiger partial charge in [-0.05, 0) is 141 Å². The van der Waals surface area contributed by atoms with Gasteiger partial charge >= 0.3 is 19.5 Å². The number of halogens is 9. The maximum Gasteiger partial charge on any atom is 0.494 e. The van der Waals surface area contributed by atoms with Gasteiger partial charge < -0.3 is 40.9 Å². The third-order valence-corrected chi connectivity index (χ3v) is 10.4. The van der Waals surface area contributed by atoms with Gasteiger partial charge in [-0.25, -0.2) is 0 Å². The molecule has 0 amide bonds. The second kappa shape index (κ2) is 23.8. The van der Waals surface area contributed by atoms with Crippen LogP contribution in [0, 0.1) is 10.8 Å². The zero-order valence-corrected chi connectivity index (χ0v) is 39.4. The van der Waals surface area contributed by atoms with Crippen molar-refractivity contribution in [3.05, 3.63) is 140 Å². The van der Waals surface area contributed by atoms with Gasteiger partial charge in [0.1, 0.15) is 11.7 Å². The van der Waals surface area contributed by atoms with E-state index < -0.39 is 42.9 Å². The number of nitrogens with one attached hydrogen (secondary N) is 4. The highest BCUT2D eigenvalue weighted by Gasteiger charge is 2.51. The Kier molecular flexibility index (Phi) is 20.1. The van der Waals surface area contributed by atoms with Crippen molar-refractivity contribution in [2.24, 2.45) is 11.5 Å². The molecule has 0 spiro atoms. The first-order chi connectivity index (χ1) is 29.6. The molecular formula is C44H50BCl2F6IN6O4. The topological polar surface area (TPSA) is 161 Å². The third-order valence-electron chi connectivity index (χ3n) is 9.37. The van der Waals surface area contributed by atoms with E-state index in [4.69, 9.17) is 64.3 Å². The fourth-order valence-electron chi connectivity index (χ4n) is 5.25. The standard InChI is InChI=1S/C19H19ClF3N3O.C16H21BClF3O3.C9H10IN3/c1-12(19(21,22)23)27-11-13-7-14(9-15(20)8-13)17(10-18(24)25)26-16-5-3-2-4-6-16;1-10(16(19,20)21)22-9-11-6-12(8-13(18)7-11)17-23-14(2,3)15(4,5)24-17;10-8(6-9(11)12)13-7-4-2-1-3-5-7/h2-10,12,26H,11H2,1H3,(H3,24,25);6-8,10H,9H2,1-5H3;1-6,13H,(H3,11,12)/b17-10-;;8-6-/t12-;10-;/m11./s1. The lowest BCUT2D eigenvalue weighted by Gasteiger charge is -2.32. The van der Waals surface area contributed by atoms with Crippen LogP contribution in [-0.4, -0.2) is 54.6 Å². The summed E-state index contributed by atoms with van der Waals surface area (Å²) in [5, 5.41) is 21.5. The maximum absolute atomic E-state index is 12.6. The van der Waals surface area contributed by atoms with Gasteiger partial charge in [0.2, 0.25) is 0 Å². The fraction of sp³-hybridized carbons (Fsp3) is 0.318. The quantitative estimate of drug-likeness (QED) is 0.0182. The molecule has 2 atom stereocenters. The van der Waals surface area contributed by atoms with Crippen LogP contribution in [0.25, 0.3) is 5.70 Å². The molecule has 1 aliphatic heterocycles. The Balaban J connectivity index is 0.000000270. The first kappa shape index (κ1) is 54.0. The van der Waals surface area contributed by atoms with Crippen LogP contribution < -0.4 is 27.6 Å². The van der Waals surface area contributed by atoms with E-state index in [1.54, 1.807) is 36.4 Å². The number of ether oxygens (including phenoxy) is 2. The third kappa shape index (κ3) is 18.3. The van der Waals surface area contributed by atoms with Crippen LogP contribution in [0.3, 0.4) is 0 Å². The molecule has 0 unspecified atom stereocenters. The van der Waals surface area contributed by atoms with E-state index in [9.17, 15) is 26.3 Å². The summed E-state index contributed by atoms with van der Waals surface area (Å²) in [6, 6.07) is 28.7. The monoisotopic (exact) mass is 1050 g/mol. The summed E-state index contributed by atoms with van der Waals surface area (Å²) in [6.45, 7) is 9.15. The van der Waals surface area contributed by atoms with Crippen molar-refractivity contribution in [2.75, 3.05) is 10.6 Å². The highest BCUT2D eigenvalue weighted by atomic mass is 127. The van der Waals surface area contributed by atoms with Gasteiger partial charge in [0.05, 0.1) is 28.1 Å². The summed E-state index contributed by atoms with van der Waals surface area (Å²) in [6.07, 6.45) is -9.61. The normalized spacial score (nSPS) is 15.8. The van der Waals surface area contributed by atoms with E-state index in [0.29, 0.717) is 37.9 Å². The number of nitrogens with two attached hydrogens (primary N) is 2. The lowest BCUT2D eigenvalue weighted by Crippen LogP contribution is -2.41. The molecule has 1 aliphatic rings. The van der Waals surface area contributed by atoms with E-state index in [-0.39, 0.29) is 24.9 Å². The minimum absolute atomic E-state index is 0.0489. The summed E-state index contributed by atoms with van der Waals surface area (Å²) in [4.78, 5) is 0. The van der Waals surface area contributed by atoms with Crippen molar-refractivity contribution < 1.29 is 45.1 Å². The van der Waals surface area contributed by atoms with Crippen LogP contribution in [0.15, 0.2) is 113 Å². The molecule has 4 aromatic carbocycles. The highest BCUT2D eigenvalue weighted by molar-refractivity contribution is 14.1. The van der Waals surface area contributed by atoms with Crippen molar-refractivity contribution >= 4 is 87.1 Å². The van der Waals surface area contributed by atoms with Crippen molar-refractivity contribution in [3.63, 3.8) is 0 Å². The molecule has 10 nitrogen and oxygen atoms in total. The molecule has 1 heterocycles. The Bertz CT molecular complexity index is 2220. The van der Waals surface area contributed by atoms with Crippen LogP contribution in [0.4, 0.5) is 37.7 Å². The molecule has 0 aliphatic carbocycles. The zero-order chi connectivity index (χ0) is 48.0. The minimum Gasteiger partial charge on any atom is -0.399 e. The van der Waals surface area contributed by atoms with Gasteiger partial charge in [-0.15, -0.1) is 0 Å². The smallest absolute Gasteiger partial charge is 0.399 e. The number of hydrogen-bond donors (Lipinski definition) is 6. The lowest BCUT2D eigenvalue weighted by molar-refractivity contribution is -0.217. The molecule has 0 bridgehead atoms. The molecule has 0 saturated carbocycles. The molecule has 0 aromatic heterocycles. The van der Waals surface area contributed by atoms with Crippen molar-refractivity contribution in [1.82, 2.24) is 0 Å². The lowest BCUT2D eigenvalue weighted by atomic mass is 9.78. The molecule has 64 heavy (non-hydrogen) atoms. The summed E-state index contributed by atoms with van der Waals surface area (Å²) < 4.78 is 97.9. The number of hydrogen-bond acceptors (Lipinski definition) is 8. The Morgan fingerprint density at radius 1 is 0.703 bits per heavy atom. The Morgan fingerprint density at radius 3 is 1.56 bits per heavy atom. The molecule has 1 fully saturated rings. The Labute approximate surface area is 393 Å². The highest BCUT2D eigenvalue weighted by Crippen LogP contribution is 2.37. The van der Waals surface area contributed by atoms with Crippen LogP contribution in [0.5, 0.6) is 0 Å². The largest absolute Gasteiger partial charge is 0.494 e. The fourth-order valence-corrected chi connectivity index (χ4v) is 6.42. The first-order valence-electron chi connectivity index (χ1n) is 19.4. The van der Waals surface area contributed by atoms with E-state index in [2.05, 4.69) is 33.2 Å². The number of para-hydroxylation sites is 2. The van der Waals surface area contributed by atoms with Gasteiger partial charge in [-0.1, -0.05) is 65.7 Å². The number of anilines is 2. The first-order valence-corrected chi connectivity index (χ1v) is 21.2. The molecule has 20 heteroatoms. The number of alkyl halides is 6. The molecule has 1 saturated heterocycles. The van der Waals surface area contributed by atoms with Crippen LogP contribution in [0.2, 0.25) is 10.0 Å². The molecular weight excluding hydrogens is 999 g/mol. The molecule has 5 rings (SSSR count). The second-order valence-corrected chi connectivity index (χ2v) is 17.3. The average molecular weight is 1050 g/mol. The maximum atomic E-state index is 12.6. The second-order valence-electron chi connectivity index (χ2n) is 15.3. The molecule has 346 valence electrons. The SMILES string of the molecule is C[C@@H](OCc1cc(Cl)cc(/C(=C/C(=N)N)Nc2ccccc2)c1)C(F)(F)F.C[C@@H](OCc1cc(Cl)cc(B2OC(C)(C)C(C)(C)O2)c1)C(F)(F)F.N=C(N)/C=C(/I)Nc1ccccc1. The van der Waals surface area contributed by atoms with Gasteiger partial charge in [0.25, 0.3) is 0 Å². The summed E-state index contributed by atoms with van der Waals surface area (Å²) >= 11 is 14.3. The average Bonchev–Trinajstić information content (AvgIpc) is 3.41. The Hall–Kier alpha value is -4.31. The predicted molar refractivity (Wildman–Crippen MR) is 253 cm³/mol. The summed E-state index contributed by atoms with van der Waals surface area (Å²) in [7, 11) is -0.632. The van der Waals surface area contributed by atoms with E-state index in [1.807, 2.05) is 88.4 Å². The summed E-state index contributed by atoms with van der Waals surface area (Å²) in [5.41, 5.74) is 14.1. The summed E-state index contributed by atoms with van der Waals surface area (Å²) in [5.74, 6) is -0.135. The predicted octanol–water partition coefficient (Wildman–Crippen LogP) is 11.6.